The van der Waals surface area contributed by atoms with Gasteiger partial charge in [-0.25, -0.2) is 14.3 Å². The van der Waals surface area contributed by atoms with Crippen LogP contribution in [0.2, 0.25) is 0 Å². The zero-order valence-electron chi connectivity index (χ0n) is 9.98. The van der Waals surface area contributed by atoms with Crippen LogP contribution < -0.4 is 0 Å². The molecule has 1 saturated heterocycles. The molecule has 0 aromatic carbocycles. The molecule has 3 rings (SSSR count). The highest BCUT2D eigenvalue weighted by Crippen LogP contribution is 2.41. The monoisotopic (exact) mass is 250 g/mol. The lowest BCUT2D eigenvalue weighted by molar-refractivity contribution is -0.165. The van der Waals surface area contributed by atoms with Crippen LogP contribution in [-0.4, -0.2) is 33.8 Å². The van der Waals surface area contributed by atoms with Gasteiger partial charge in [0.15, 0.2) is 0 Å². The van der Waals surface area contributed by atoms with Crippen molar-refractivity contribution in [2.75, 3.05) is 0 Å². The molecule has 2 aliphatic rings. The quantitative estimate of drug-likeness (QED) is 0.700. The molecule has 6 nitrogen and oxygen atoms in total. The van der Waals surface area contributed by atoms with Crippen molar-refractivity contribution in [2.45, 2.75) is 32.0 Å². The Kier molecular flexibility index (Phi) is 2.57. The van der Waals surface area contributed by atoms with Crippen molar-refractivity contribution >= 4 is 12.1 Å². The van der Waals surface area contributed by atoms with E-state index in [-0.39, 0.29) is 30.0 Å². The standard InChI is InChI=1S/C12H14N2O4/c1-7-4-8-5-9(15)17-10(7)11(8)18-12(16)14-3-2-13-6-14/h2-3,6-8,10-11H,4-5H2,1H3. The van der Waals surface area contributed by atoms with Crippen LogP contribution in [0, 0.1) is 11.8 Å². The van der Waals surface area contributed by atoms with E-state index < -0.39 is 6.09 Å². The molecule has 4 atom stereocenters. The van der Waals surface area contributed by atoms with Gasteiger partial charge in [0.1, 0.15) is 18.5 Å². The van der Waals surface area contributed by atoms with Crippen molar-refractivity contribution in [3.8, 4) is 0 Å². The van der Waals surface area contributed by atoms with Gasteiger partial charge in [-0.05, 0) is 12.3 Å². The van der Waals surface area contributed by atoms with Gasteiger partial charge in [-0.3, -0.25) is 4.79 Å². The van der Waals surface area contributed by atoms with Crippen LogP contribution in [0.3, 0.4) is 0 Å². The number of fused-ring (bicyclic) bond motifs is 2. The number of carbonyl (C=O) groups excluding carboxylic acids is 2. The molecule has 6 heteroatoms. The molecule has 96 valence electrons. The molecule has 0 spiro atoms. The molecule has 1 aromatic heterocycles. The minimum atomic E-state index is -0.473. The number of hydrogen-bond donors (Lipinski definition) is 0. The molecule has 2 bridgehead atoms. The molecule has 0 N–H and O–H groups in total. The number of aromatic nitrogens is 2. The van der Waals surface area contributed by atoms with E-state index in [9.17, 15) is 9.59 Å². The zero-order chi connectivity index (χ0) is 12.7. The number of hydrogen-bond acceptors (Lipinski definition) is 5. The fourth-order valence-electron chi connectivity index (χ4n) is 2.84. The maximum atomic E-state index is 11.8. The predicted octanol–water partition coefficient (Wildman–Crippen LogP) is 1.21. The summed E-state index contributed by atoms with van der Waals surface area (Å²) in [6.07, 6.45) is 4.53. The van der Waals surface area contributed by atoms with Crippen LogP contribution in [0.1, 0.15) is 19.8 Å². The van der Waals surface area contributed by atoms with E-state index in [0.29, 0.717) is 6.42 Å². The van der Waals surface area contributed by atoms with Crippen LogP contribution in [0.25, 0.3) is 0 Å². The van der Waals surface area contributed by atoms with E-state index in [2.05, 4.69) is 4.98 Å². The van der Waals surface area contributed by atoms with E-state index in [1.54, 1.807) is 0 Å². The number of esters is 1. The molecule has 1 aromatic rings. The van der Waals surface area contributed by atoms with Gasteiger partial charge in [0, 0.05) is 18.3 Å². The van der Waals surface area contributed by atoms with Gasteiger partial charge in [-0.2, -0.15) is 0 Å². The average molecular weight is 250 g/mol. The first-order chi connectivity index (χ1) is 8.65. The van der Waals surface area contributed by atoms with Crippen molar-refractivity contribution in [2.24, 2.45) is 11.8 Å². The second-order valence-corrected chi connectivity index (χ2v) is 4.95. The predicted molar refractivity (Wildman–Crippen MR) is 59.7 cm³/mol. The Bertz CT molecular complexity index is 470. The molecule has 1 saturated carbocycles. The zero-order valence-corrected chi connectivity index (χ0v) is 9.98. The summed E-state index contributed by atoms with van der Waals surface area (Å²) in [5.41, 5.74) is 0. The minimum absolute atomic E-state index is 0.0821. The topological polar surface area (TPSA) is 70.4 Å². The van der Waals surface area contributed by atoms with E-state index in [1.807, 2.05) is 6.92 Å². The first-order valence-electron chi connectivity index (χ1n) is 6.03. The number of ether oxygens (including phenoxy) is 2. The fraction of sp³-hybridized carbons (Fsp3) is 0.583. The van der Waals surface area contributed by atoms with Gasteiger partial charge in [0.2, 0.25) is 0 Å². The van der Waals surface area contributed by atoms with Gasteiger partial charge in [-0.1, -0.05) is 6.92 Å². The maximum Gasteiger partial charge on any atom is 0.419 e. The van der Waals surface area contributed by atoms with E-state index >= 15 is 0 Å². The summed E-state index contributed by atoms with van der Waals surface area (Å²) in [5.74, 6) is 0.130. The Morgan fingerprint density at radius 2 is 2.44 bits per heavy atom. The molecule has 4 unspecified atom stereocenters. The molecule has 0 radical (unpaired) electrons. The van der Waals surface area contributed by atoms with Crippen molar-refractivity contribution < 1.29 is 19.1 Å². The molecule has 2 fully saturated rings. The summed E-state index contributed by atoms with van der Waals surface area (Å²) < 4.78 is 12.0. The highest BCUT2D eigenvalue weighted by atomic mass is 16.6. The first kappa shape index (κ1) is 11.3. The van der Waals surface area contributed by atoms with Crippen molar-refractivity contribution in [3.63, 3.8) is 0 Å². The van der Waals surface area contributed by atoms with Crippen LogP contribution in [0.4, 0.5) is 4.79 Å². The minimum Gasteiger partial charge on any atom is -0.458 e. The van der Waals surface area contributed by atoms with Gasteiger partial charge in [0.05, 0.1) is 6.42 Å². The third-order valence-corrected chi connectivity index (χ3v) is 3.67. The fourth-order valence-corrected chi connectivity index (χ4v) is 2.84. The normalized spacial score (nSPS) is 34.2. The Labute approximate surface area is 104 Å². The SMILES string of the molecule is CC1CC2CC(=O)OC1C2OC(=O)n1ccnc1. The summed E-state index contributed by atoms with van der Waals surface area (Å²) in [6, 6.07) is 0. The largest absolute Gasteiger partial charge is 0.458 e. The Morgan fingerprint density at radius 1 is 1.61 bits per heavy atom. The van der Waals surface area contributed by atoms with Crippen LogP contribution >= 0.6 is 0 Å². The van der Waals surface area contributed by atoms with Gasteiger partial charge in [0.25, 0.3) is 0 Å². The summed E-state index contributed by atoms with van der Waals surface area (Å²) in [5, 5.41) is 0. The lowest BCUT2D eigenvalue weighted by Crippen LogP contribution is -2.42. The molecular formula is C12H14N2O4. The molecule has 18 heavy (non-hydrogen) atoms. The lowest BCUT2D eigenvalue weighted by atomic mass is 9.99. The highest BCUT2D eigenvalue weighted by Gasteiger charge is 2.50. The molecule has 1 aliphatic heterocycles. The van der Waals surface area contributed by atoms with Gasteiger partial charge < -0.3 is 9.47 Å². The lowest BCUT2D eigenvalue weighted by Gasteiger charge is -2.29. The van der Waals surface area contributed by atoms with Gasteiger partial charge in [-0.15, -0.1) is 0 Å². The van der Waals surface area contributed by atoms with Crippen molar-refractivity contribution in [1.82, 2.24) is 9.55 Å². The Hall–Kier alpha value is -1.85. The molecule has 2 heterocycles. The van der Waals surface area contributed by atoms with E-state index in [4.69, 9.17) is 9.47 Å². The van der Waals surface area contributed by atoms with Crippen LogP contribution in [0.5, 0.6) is 0 Å². The highest BCUT2D eigenvalue weighted by molar-refractivity contribution is 5.73. The van der Waals surface area contributed by atoms with E-state index in [0.717, 1.165) is 6.42 Å². The molecule has 0 amide bonds. The number of rotatable bonds is 1. The second-order valence-electron chi connectivity index (χ2n) is 4.95. The van der Waals surface area contributed by atoms with Gasteiger partial charge >= 0.3 is 12.1 Å². The third kappa shape index (κ3) is 1.77. The van der Waals surface area contributed by atoms with Crippen molar-refractivity contribution in [3.05, 3.63) is 18.7 Å². The number of imidazole rings is 1. The summed E-state index contributed by atoms with van der Waals surface area (Å²) >= 11 is 0. The molecule has 1 aliphatic carbocycles. The van der Waals surface area contributed by atoms with E-state index in [1.165, 1.54) is 23.3 Å². The van der Waals surface area contributed by atoms with Crippen LogP contribution in [-0.2, 0) is 14.3 Å². The maximum absolute atomic E-state index is 11.8. The Morgan fingerprint density at radius 3 is 3.11 bits per heavy atom. The third-order valence-electron chi connectivity index (χ3n) is 3.67. The second kappa shape index (κ2) is 4.12. The first-order valence-corrected chi connectivity index (χ1v) is 6.03. The average Bonchev–Trinajstić information content (AvgIpc) is 2.89. The van der Waals surface area contributed by atoms with Crippen LogP contribution in [0.15, 0.2) is 18.7 Å². The summed E-state index contributed by atoms with van der Waals surface area (Å²) in [7, 11) is 0. The summed E-state index contributed by atoms with van der Waals surface area (Å²) in [6.45, 7) is 2.02. The Balaban J connectivity index is 1.74. The summed E-state index contributed by atoms with van der Waals surface area (Å²) in [4.78, 5) is 27.0. The smallest absolute Gasteiger partial charge is 0.419 e. The number of nitrogens with zero attached hydrogens (tertiary/aromatic N) is 2. The molecular weight excluding hydrogens is 236 g/mol. The number of carbonyl (C=O) groups is 2. The van der Waals surface area contributed by atoms with Crippen molar-refractivity contribution in [1.29, 1.82) is 0 Å².